The van der Waals surface area contributed by atoms with Crippen LogP contribution in [-0.2, 0) is 88.7 Å². The second-order valence-electron chi connectivity index (χ2n) is 13.8. The van der Waals surface area contributed by atoms with Crippen molar-refractivity contribution in [2.24, 2.45) is 0 Å². The number of nitrogens with two attached hydrogens (primary N) is 3. The van der Waals surface area contributed by atoms with Gasteiger partial charge in [0.25, 0.3) is 5.69 Å². The fourth-order valence-electron chi connectivity index (χ4n) is 6.23. The van der Waals surface area contributed by atoms with Gasteiger partial charge in [-0.2, -0.15) is 30.7 Å². The Morgan fingerprint density at radius 1 is 0.761 bits per heavy atom. The van der Waals surface area contributed by atoms with Crippen LogP contribution in [0.4, 0.5) is 32.1 Å². The first-order valence-electron chi connectivity index (χ1n) is 19.2. The summed E-state index contributed by atoms with van der Waals surface area (Å²) in [6, 6.07) is 22.5. The number of fused-ring (bicyclic) bond motifs is 2. The zero-order chi connectivity index (χ0) is 51.1. The highest BCUT2D eigenvalue weighted by atomic mass is 35.5. The topological polar surface area (TPSA) is 296 Å². The molecule has 0 unspecified atom stereocenters. The minimum absolute atomic E-state index is 0. The molecule has 0 spiro atoms. The van der Waals surface area contributed by atoms with Crippen molar-refractivity contribution in [1.29, 1.82) is 10.5 Å². The smallest absolute Gasteiger partial charge is 0.423 e. The van der Waals surface area contributed by atoms with Gasteiger partial charge < -0.3 is 27.2 Å². The molecule has 30 heteroatoms. The average Bonchev–Trinajstić information content (AvgIpc) is 3.92. The molecular weight excluding hydrogens is 1090 g/mol. The molecule has 4 heterocycles. The van der Waals surface area contributed by atoms with E-state index in [0.717, 1.165) is 22.4 Å². The number of aryl methyl sites for hydroxylation is 2. The quantitative estimate of drug-likeness (QED) is 0.0442. The molecule has 0 bridgehead atoms. The number of hydrogen-bond donors (Lipinski definition) is 5. The molecular formula is C41H36BClF2N14O4S8. The molecule has 0 saturated heterocycles. The normalized spacial score (nSPS) is 9.99. The highest BCUT2D eigenvalue weighted by Crippen LogP contribution is 2.30. The fraction of sp³-hybridized carbons (Fsp3) is 0.122. The predicted octanol–water partition coefficient (Wildman–Crippen LogP) is 5.35. The van der Waals surface area contributed by atoms with Crippen molar-refractivity contribution in [3.63, 3.8) is 0 Å². The van der Waals surface area contributed by atoms with E-state index in [4.69, 9.17) is 49.4 Å². The number of nitro groups is 1. The lowest BCUT2D eigenvalue weighted by molar-refractivity contribution is -0.385. The van der Waals surface area contributed by atoms with E-state index in [0.29, 0.717) is 46.4 Å². The van der Waals surface area contributed by atoms with Crippen LogP contribution in [0.15, 0.2) is 85.2 Å². The number of nitriles is 2. The van der Waals surface area contributed by atoms with Crippen LogP contribution < -0.4 is 22.7 Å². The Morgan fingerprint density at radius 3 is 1.82 bits per heavy atom. The first kappa shape index (κ1) is 57.2. The van der Waals surface area contributed by atoms with Crippen molar-refractivity contribution >= 4 is 145 Å². The molecule has 0 amide bonds. The van der Waals surface area contributed by atoms with Gasteiger partial charge in [0.05, 0.1) is 58.0 Å². The van der Waals surface area contributed by atoms with Gasteiger partial charge in [-0.25, -0.2) is 28.1 Å². The molecule has 0 atom stereocenters. The molecule has 8 N–H and O–H groups in total. The standard InChI is InChI=1S/C20H16FN7.C13H11ClN6O2.C7H5BFNO2.CH4.S8/c1-11-7-12(5-6-16(11)23)10-28-19-15(9-25-28)18(26-20(24)27-19)14-4-2-3-13(8-22)17(14)21;1-7-4-8(2-3-10(7)20(21)22)6-19-12-9(5-16-19)11(14)17-13(15)18-12;9-7-5(4-10)2-1-3-6(7)8(11)12;;1-3-5-7-8-6-4-2/h2-7,9H,10,23H2,1H3,(H2,24,26,27);2-5H,6H2,1H3,(H2,15,17,18);1-3,11-12H;1H4;. The molecule has 4 aromatic carbocycles. The first-order valence-corrected chi connectivity index (χ1v) is 28.9. The van der Waals surface area contributed by atoms with Gasteiger partial charge in [0.1, 0.15) is 28.9 Å². The van der Waals surface area contributed by atoms with Crippen LogP contribution in [0, 0.1) is 58.3 Å². The van der Waals surface area contributed by atoms with Crippen LogP contribution in [0.3, 0.4) is 0 Å². The number of anilines is 3. The van der Waals surface area contributed by atoms with E-state index in [1.54, 1.807) is 94.5 Å². The second-order valence-corrected chi connectivity index (χ2v) is 24.8. The lowest BCUT2D eigenvalue weighted by atomic mass is 9.79. The van der Waals surface area contributed by atoms with Crippen molar-refractivity contribution in [2.75, 3.05) is 17.2 Å². The van der Waals surface area contributed by atoms with Gasteiger partial charge >= 0.3 is 7.12 Å². The molecule has 0 radical (unpaired) electrons. The number of nitrogens with zero attached hydrogens (tertiary/aromatic N) is 11. The Hall–Kier alpha value is -6.35. The number of halogens is 3. The zero-order valence-corrected chi connectivity index (χ0v) is 43.1. The maximum Gasteiger partial charge on any atom is 0.491 e. The predicted molar refractivity (Wildman–Crippen MR) is 293 cm³/mol. The Labute approximate surface area is 436 Å². The summed E-state index contributed by atoms with van der Waals surface area (Å²) in [4.78, 5) is 26.9. The Kier molecular flexibility index (Phi) is 22.0. The number of nitrogen functional groups attached to an aromatic ring is 3. The number of hydrogen-bond acceptors (Lipinski definition) is 17. The number of rotatable bonds is 7. The van der Waals surface area contributed by atoms with E-state index in [1.807, 2.05) is 31.2 Å². The summed E-state index contributed by atoms with van der Waals surface area (Å²) in [5.41, 5.74) is 22.5. The summed E-state index contributed by atoms with van der Waals surface area (Å²) in [5.74, 6) is -1.46. The average molecular weight is 1130 g/mol. The van der Waals surface area contributed by atoms with Crippen LogP contribution in [0.5, 0.6) is 0 Å². The maximum absolute atomic E-state index is 14.7. The molecule has 0 fully saturated rings. The van der Waals surface area contributed by atoms with Crippen molar-refractivity contribution < 1.29 is 23.8 Å². The summed E-state index contributed by atoms with van der Waals surface area (Å²) >= 11 is 15.2. The van der Waals surface area contributed by atoms with Gasteiger partial charge in [-0.15, -0.1) is 0 Å². The molecule has 0 aliphatic heterocycles. The second kappa shape index (κ2) is 27.3. The van der Waals surface area contributed by atoms with E-state index in [1.165, 1.54) is 48.1 Å². The summed E-state index contributed by atoms with van der Waals surface area (Å²) in [6.45, 7) is 4.47. The lowest BCUT2D eigenvalue weighted by Crippen LogP contribution is -2.33. The zero-order valence-electron chi connectivity index (χ0n) is 35.8. The molecule has 0 saturated carbocycles. The van der Waals surface area contributed by atoms with Crippen molar-refractivity contribution in [1.82, 2.24) is 39.5 Å². The van der Waals surface area contributed by atoms with Crippen molar-refractivity contribution in [3.05, 3.63) is 145 Å². The highest BCUT2D eigenvalue weighted by Gasteiger charge is 2.20. The number of nitro benzene ring substituents is 1. The number of benzene rings is 4. The third-order valence-electron chi connectivity index (χ3n) is 9.38. The largest absolute Gasteiger partial charge is 0.491 e. The van der Waals surface area contributed by atoms with E-state index < -0.39 is 23.7 Å². The van der Waals surface area contributed by atoms with Gasteiger partial charge in [0, 0.05) is 104 Å². The summed E-state index contributed by atoms with van der Waals surface area (Å²) in [5, 5.41) is 55.6. The third kappa shape index (κ3) is 15.1. The Bertz CT molecular complexity index is 3630. The molecule has 8 rings (SSSR count). The van der Waals surface area contributed by atoms with Gasteiger partial charge in [0.15, 0.2) is 11.3 Å². The summed E-state index contributed by atoms with van der Waals surface area (Å²) in [7, 11) is 7.25. The van der Waals surface area contributed by atoms with Crippen LogP contribution in [0.1, 0.15) is 40.8 Å². The van der Waals surface area contributed by atoms with Crippen LogP contribution in [0.2, 0.25) is 5.15 Å². The van der Waals surface area contributed by atoms with E-state index in [-0.39, 0.29) is 52.3 Å². The minimum atomic E-state index is -1.88. The fourth-order valence-corrected chi connectivity index (χ4v) is 17.4. The minimum Gasteiger partial charge on any atom is -0.423 e. The monoisotopic (exact) mass is 1130 g/mol. The van der Waals surface area contributed by atoms with Gasteiger partial charge in [-0.3, -0.25) is 10.1 Å². The Morgan fingerprint density at radius 2 is 1.28 bits per heavy atom. The van der Waals surface area contributed by atoms with Gasteiger partial charge in [-0.05, 0) is 60.9 Å². The van der Waals surface area contributed by atoms with E-state index in [9.17, 15) is 18.9 Å². The van der Waals surface area contributed by atoms with Crippen molar-refractivity contribution in [3.8, 4) is 23.4 Å². The van der Waals surface area contributed by atoms with E-state index in [2.05, 4.69) is 52.5 Å². The third-order valence-corrected chi connectivity index (χ3v) is 20.8. The summed E-state index contributed by atoms with van der Waals surface area (Å²) < 4.78 is 31.0. The summed E-state index contributed by atoms with van der Waals surface area (Å²) in [6.07, 6.45) is 3.14. The first-order chi connectivity index (χ1) is 33.5. The Balaban J connectivity index is 0.000000226. The highest BCUT2D eigenvalue weighted by molar-refractivity contribution is 8.70. The van der Waals surface area contributed by atoms with Crippen LogP contribution in [-0.4, -0.2) is 61.6 Å². The van der Waals surface area contributed by atoms with E-state index >= 15 is 0 Å². The number of aromatic nitrogens is 8. The lowest BCUT2D eigenvalue weighted by Gasteiger charge is -2.08. The molecule has 0 aliphatic carbocycles. The molecule has 366 valence electrons. The molecule has 71 heavy (non-hydrogen) atoms. The molecule has 0 aliphatic rings. The SMILES string of the molecule is C.Cc1cc(Cn2ncc3c(-c4cccc(C#N)c4F)nc(N)nc32)ccc1N.Cc1cc(Cn2ncc3c(Cl)nc(N)nc32)ccc1[N+](=O)[O-].N#Cc1cccc(B(O)O)c1F.S=S=S=S=S=S=S=S. The molecule has 18 nitrogen and oxygen atoms in total. The molecule has 8 aromatic rings. The van der Waals surface area contributed by atoms with Gasteiger partial charge in [0.2, 0.25) is 11.9 Å². The van der Waals surface area contributed by atoms with Crippen LogP contribution >= 0.6 is 11.6 Å². The van der Waals surface area contributed by atoms with Crippen LogP contribution in [0.25, 0.3) is 33.3 Å². The van der Waals surface area contributed by atoms with Gasteiger partial charge in [-0.1, -0.05) is 55.4 Å². The molecule has 4 aromatic heterocycles. The van der Waals surface area contributed by atoms with Crippen molar-refractivity contribution in [2.45, 2.75) is 34.4 Å². The maximum atomic E-state index is 14.7.